The number of nitrogens with one attached hydrogen (secondary N) is 1. The van der Waals surface area contributed by atoms with Crippen molar-refractivity contribution in [3.8, 4) is 5.75 Å². The van der Waals surface area contributed by atoms with Crippen LogP contribution in [0.4, 0.5) is 5.69 Å². The van der Waals surface area contributed by atoms with E-state index < -0.39 is 0 Å². The summed E-state index contributed by atoms with van der Waals surface area (Å²) in [5.41, 5.74) is 6.55. The zero-order valence-electron chi connectivity index (χ0n) is 14.1. The van der Waals surface area contributed by atoms with Gasteiger partial charge in [0.15, 0.2) is 0 Å². The van der Waals surface area contributed by atoms with Gasteiger partial charge in [0, 0.05) is 18.7 Å². The second-order valence-corrected chi connectivity index (χ2v) is 6.76. The highest BCUT2D eigenvalue weighted by atomic mass is 35.5. The SMILES string of the molecule is COc1cc(N)c(Cl)cc1C(=O)NCC(C)N1CCC(C)CC1. The van der Waals surface area contributed by atoms with E-state index in [2.05, 4.69) is 24.1 Å². The number of halogens is 1. The number of rotatable bonds is 5. The topological polar surface area (TPSA) is 67.6 Å². The van der Waals surface area contributed by atoms with Crippen LogP contribution in [-0.2, 0) is 0 Å². The summed E-state index contributed by atoms with van der Waals surface area (Å²) >= 11 is 6.02. The summed E-state index contributed by atoms with van der Waals surface area (Å²) in [6, 6.07) is 3.44. The second kappa shape index (κ2) is 7.88. The molecule has 1 aliphatic heterocycles. The molecule has 1 unspecified atom stereocenters. The van der Waals surface area contributed by atoms with Gasteiger partial charge in [0.2, 0.25) is 0 Å². The van der Waals surface area contributed by atoms with Crippen LogP contribution in [0.1, 0.15) is 37.0 Å². The van der Waals surface area contributed by atoms with Gasteiger partial charge in [-0.25, -0.2) is 0 Å². The maximum atomic E-state index is 12.4. The van der Waals surface area contributed by atoms with Gasteiger partial charge >= 0.3 is 0 Å². The summed E-state index contributed by atoms with van der Waals surface area (Å²) in [6.07, 6.45) is 2.44. The van der Waals surface area contributed by atoms with Gasteiger partial charge < -0.3 is 15.8 Å². The lowest BCUT2D eigenvalue weighted by Crippen LogP contribution is -2.45. The molecule has 1 heterocycles. The number of benzene rings is 1. The summed E-state index contributed by atoms with van der Waals surface area (Å²) in [5, 5.41) is 3.32. The number of amides is 1. The van der Waals surface area contributed by atoms with Crippen molar-refractivity contribution < 1.29 is 9.53 Å². The Balaban J connectivity index is 1.95. The molecule has 2 rings (SSSR count). The maximum Gasteiger partial charge on any atom is 0.255 e. The number of nitrogens with two attached hydrogens (primary N) is 1. The van der Waals surface area contributed by atoms with Gasteiger partial charge in [-0.3, -0.25) is 9.69 Å². The van der Waals surface area contributed by atoms with E-state index in [0.717, 1.165) is 19.0 Å². The molecule has 0 bridgehead atoms. The smallest absolute Gasteiger partial charge is 0.255 e. The molecule has 1 saturated heterocycles. The molecular weight excluding hydrogens is 314 g/mol. The van der Waals surface area contributed by atoms with Crippen molar-refractivity contribution >= 4 is 23.2 Å². The molecule has 0 saturated carbocycles. The van der Waals surface area contributed by atoms with Crippen molar-refractivity contribution in [1.82, 2.24) is 10.2 Å². The fraction of sp³-hybridized carbons (Fsp3) is 0.588. The summed E-state index contributed by atoms with van der Waals surface area (Å²) in [6.45, 7) is 7.22. The van der Waals surface area contributed by atoms with Gasteiger partial charge in [0.25, 0.3) is 5.91 Å². The summed E-state index contributed by atoms with van der Waals surface area (Å²) in [4.78, 5) is 14.8. The first-order valence-electron chi connectivity index (χ1n) is 8.07. The van der Waals surface area contributed by atoms with E-state index in [-0.39, 0.29) is 5.91 Å². The van der Waals surface area contributed by atoms with E-state index in [1.54, 1.807) is 12.1 Å². The van der Waals surface area contributed by atoms with Crippen LogP contribution in [0, 0.1) is 5.92 Å². The second-order valence-electron chi connectivity index (χ2n) is 6.35. The molecule has 1 fully saturated rings. The summed E-state index contributed by atoms with van der Waals surface area (Å²) in [5.74, 6) is 1.04. The minimum absolute atomic E-state index is 0.194. The van der Waals surface area contributed by atoms with Crippen LogP contribution >= 0.6 is 11.6 Å². The number of hydrogen-bond acceptors (Lipinski definition) is 4. The van der Waals surface area contributed by atoms with Crippen LogP contribution < -0.4 is 15.8 Å². The molecule has 0 aromatic heterocycles. The quantitative estimate of drug-likeness (QED) is 0.809. The van der Waals surface area contributed by atoms with Crippen LogP contribution in [0.5, 0.6) is 5.75 Å². The van der Waals surface area contributed by atoms with Gasteiger partial charge in [-0.15, -0.1) is 0 Å². The third kappa shape index (κ3) is 4.52. The largest absolute Gasteiger partial charge is 0.496 e. The van der Waals surface area contributed by atoms with Crippen molar-refractivity contribution in [2.24, 2.45) is 5.92 Å². The third-order valence-corrected chi connectivity index (χ3v) is 4.89. The summed E-state index contributed by atoms with van der Waals surface area (Å²) in [7, 11) is 1.51. The Morgan fingerprint density at radius 1 is 1.48 bits per heavy atom. The molecule has 1 aromatic rings. The number of hydrogen-bond donors (Lipinski definition) is 2. The number of piperidine rings is 1. The van der Waals surface area contributed by atoms with Crippen LogP contribution in [0.25, 0.3) is 0 Å². The van der Waals surface area contributed by atoms with Gasteiger partial charge in [-0.1, -0.05) is 18.5 Å². The van der Waals surface area contributed by atoms with E-state index >= 15 is 0 Å². The van der Waals surface area contributed by atoms with Crippen molar-refractivity contribution in [2.45, 2.75) is 32.7 Å². The van der Waals surface area contributed by atoms with E-state index in [1.807, 2.05) is 0 Å². The molecule has 1 aliphatic rings. The zero-order valence-corrected chi connectivity index (χ0v) is 14.8. The molecular formula is C17H26ClN3O2. The molecule has 0 radical (unpaired) electrons. The van der Waals surface area contributed by atoms with Crippen molar-refractivity contribution in [3.63, 3.8) is 0 Å². The predicted molar refractivity (Wildman–Crippen MR) is 94.2 cm³/mol. The number of methoxy groups -OCH3 is 1. The molecule has 0 aliphatic carbocycles. The predicted octanol–water partition coefficient (Wildman–Crippen LogP) is 2.78. The van der Waals surface area contributed by atoms with Crippen molar-refractivity contribution in [3.05, 3.63) is 22.7 Å². The van der Waals surface area contributed by atoms with Gasteiger partial charge in [0.1, 0.15) is 5.75 Å². The monoisotopic (exact) mass is 339 g/mol. The Morgan fingerprint density at radius 2 is 2.13 bits per heavy atom. The molecule has 1 atom stereocenters. The molecule has 23 heavy (non-hydrogen) atoms. The number of nitrogen functional groups attached to an aromatic ring is 1. The first-order chi connectivity index (χ1) is 10.9. The van der Waals surface area contributed by atoms with Crippen LogP contribution in [0.2, 0.25) is 5.02 Å². The van der Waals surface area contributed by atoms with Crippen LogP contribution in [0.15, 0.2) is 12.1 Å². The fourth-order valence-corrected chi connectivity index (χ4v) is 3.01. The van der Waals surface area contributed by atoms with Crippen molar-refractivity contribution in [1.29, 1.82) is 0 Å². The molecule has 1 amide bonds. The van der Waals surface area contributed by atoms with E-state index in [0.29, 0.717) is 34.6 Å². The first-order valence-corrected chi connectivity index (χ1v) is 8.45. The highest BCUT2D eigenvalue weighted by molar-refractivity contribution is 6.33. The lowest BCUT2D eigenvalue weighted by molar-refractivity contribution is 0.0919. The van der Waals surface area contributed by atoms with Gasteiger partial charge in [0.05, 0.1) is 23.4 Å². The summed E-state index contributed by atoms with van der Waals surface area (Å²) < 4.78 is 5.23. The van der Waals surface area contributed by atoms with E-state index in [1.165, 1.54) is 20.0 Å². The highest BCUT2D eigenvalue weighted by Gasteiger charge is 2.21. The van der Waals surface area contributed by atoms with E-state index in [9.17, 15) is 4.79 Å². The van der Waals surface area contributed by atoms with Gasteiger partial charge in [-0.2, -0.15) is 0 Å². The zero-order chi connectivity index (χ0) is 17.0. The fourth-order valence-electron chi connectivity index (χ4n) is 2.85. The van der Waals surface area contributed by atoms with Crippen molar-refractivity contribution in [2.75, 3.05) is 32.5 Å². The molecule has 5 nitrogen and oxygen atoms in total. The first kappa shape index (κ1) is 17.9. The standard InChI is InChI=1S/C17H26ClN3O2/c1-11-4-6-21(7-5-11)12(2)10-20-17(22)13-8-14(18)15(19)9-16(13)23-3/h8-9,11-12H,4-7,10,19H2,1-3H3,(H,20,22). The molecule has 1 aromatic carbocycles. The maximum absolute atomic E-state index is 12.4. The van der Waals surface area contributed by atoms with Crippen LogP contribution in [-0.4, -0.2) is 43.6 Å². The lowest BCUT2D eigenvalue weighted by atomic mass is 9.98. The normalized spacial score (nSPS) is 17.7. The number of anilines is 1. The highest BCUT2D eigenvalue weighted by Crippen LogP contribution is 2.28. The average molecular weight is 340 g/mol. The minimum Gasteiger partial charge on any atom is -0.496 e. The Labute approximate surface area is 143 Å². The molecule has 3 N–H and O–H groups in total. The minimum atomic E-state index is -0.194. The number of nitrogens with zero attached hydrogens (tertiary/aromatic N) is 1. The van der Waals surface area contributed by atoms with Crippen LogP contribution in [0.3, 0.4) is 0 Å². The van der Waals surface area contributed by atoms with Gasteiger partial charge in [-0.05, 0) is 44.8 Å². The Kier molecular flexibility index (Phi) is 6.13. The third-order valence-electron chi connectivity index (χ3n) is 4.56. The number of likely N-dealkylation sites (tertiary alicyclic amines) is 1. The van der Waals surface area contributed by atoms with E-state index in [4.69, 9.17) is 22.1 Å². The lowest BCUT2D eigenvalue weighted by Gasteiger charge is -2.35. The number of carbonyl (C=O) groups is 1. The molecule has 0 spiro atoms. The average Bonchev–Trinajstić information content (AvgIpc) is 2.55. The Morgan fingerprint density at radius 3 is 2.74 bits per heavy atom. The molecule has 6 heteroatoms. The Bertz CT molecular complexity index is 557. The Hall–Kier alpha value is -1.46. The molecule has 128 valence electrons. The number of ether oxygens (including phenoxy) is 1. The number of carbonyl (C=O) groups excluding carboxylic acids is 1.